The van der Waals surface area contributed by atoms with Crippen molar-refractivity contribution in [3.05, 3.63) is 42.0 Å². The van der Waals surface area contributed by atoms with Crippen LogP contribution in [0.3, 0.4) is 0 Å². The first-order chi connectivity index (χ1) is 5.38. The summed E-state index contributed by atoms with van der Waals surface area (Å²) in [6.45, 7) is 4.65. The standard InChI is InChI=1S/C10H13N/c1-3-9-6-4-5-7-10(9)8-11-2/h3-7,11H,1,8H2,2H3. The van der Waals surface area contributed by atoms with Crippen molar-refractivity contribution in [2.75, 3.05) is 7.05 Å². The summed E-state index contributed by atoms with van der Waals surface area (Å²) >= 11 is 0. The van der Waals surface area contributed by atoms with Crippen LogP contribution in [-0.4, -0.2) is 7.05 Å². The van der Waals surface area contributed by atoms with Crippen LogP contribution in [0.5, 0.6) is 0 Å². The third-order valence-corrected chi connectivity index (χ3v) is 1.64. The first-order valence-corrected chi connectivity index (χ1v) is 3.73. The predicted molar refractivity (Wildman–Crippen MR) is 49.3 cm³/mol. The highest BCUT2D eigenvalue weighted by molar-refractivity contribution is 5.51. The highest BCUT2D eigenvalue weighted by Gasteiger charge is 1.93. The van der Waals surface area contributed by atoms with Crippen molar-refractivity contribution in [2.45, 2.75) is 6.54 Å². The molecule has 0 heterocycles. The molecule has 0 aliphatic carbocycles. The number of rotatable bonds is 3. The van der Waals surface area contributed by atoms with Crippen LogP contribution < -0.4 is 5.32 Å². The summed E-state index contributed by atoms with van der Waals surface area (Å²) in [6, 6.07) is 8.24. The van der Waals surface area contributed by atoms with Gasteiger partial charge in [-0.1, -0.05) is 36.9 Å². The summed E-state index contributed by atoms with van der Waals surface area (Å²) in [5.74, 6) is 0. The molecule has 0 saturated heterocycles. The lowest BCUT2D eigenvalue weighted by Crippen LogP contribution is -2.05. The van der Waals surface area contributed by atoms with Crippen LogP contribution >= 0.6 is 0 Å². The Morgan fingerprint density at radius 1 is 1.45 bits per heavy atom. The Morgan fingerprint density at radius 3 is 2.82 bits per heavy atom. The number of hydrogen-bond donors (Lipinski definition) is 1. The third kappa shape index (κ3) is 1.92. The Labute approximate surface area is 67.8 Å². The zero-order valence-electron chi connectivity index (χ0n) is 6.80. The molecule has 1 rings (SSSR count). The van der Waals surface area contributed by atoms with Gasteiger partial charge in [0.2, 0.25) is 0 Å². The third-order valence-electron chi connectivity index (χ3n) is 1.64. The summed E-state index contributed by atoms with van der Waals surface area (Å²) < 4.78 is 0. The molecule has 0 radical (unpaired) electrons. The van der Waals surface area contributed by atoms with Crippen molar-refractivity contribution in [3.63, 3.8) is 0 Å². The zero-order chi connectivity index (χ0) is 8.10. The highest BCUT2D eigenvalue weighted by atomic mass is 14.8. The first-order valence-electron chi connectivity index (χ1n) is 3.73. The molecule has 58 valence electrons. The fraction of sp³-hybridized carbons (Fsp3) is 0.200. The van der Waals surface area contributed by atoms with E-state index >= 15 is 0 Å². The number of nitrogens with one attached hydrogen (secondary N) is 1. The Morgan fingerprint density at radius 2 is 2.18 bits per heavy atom. The second-order valence-corrected chi connectivity index (χ2v) is 2.43. The lowest BCUT2D eigenvalue weighted by molar-refractivity contribution is 0.816. The van der Waals surface area contributed by atoms with Gasteiger partial charge in [0, 0.05) is 6.54 Å². The molecule has 1 nitrogen and oxygen atoms in total. The van der Waals surface area contributed by atoms with Gasteiger partial charge in [0.25, 0.3) is 0 Å². The Hall–Kier alpha value is -1.08. The molecule has 0 aromatic heterocycles. The van der Waals surface area contributed by atoms with E-state index in [4.69, 9.17) is 0 Å². The largest absolute Gasteiger partial charge is 0.316 e. The van der Waals surface area contributed by atoms with Gasteiger partial charge in [-0.05, 0) is 18.2 Å². The number of benzene rings is 1. The molecule has 1 heteroatoms. The van der Waals surface area contributed by atoms with Crippen molar-refractivity contribution in [1.82, 2.24) is 5.32 Å². The topological polar surface area (TPSA) is 12.0 Å². The monoisotopic (exact) mass is 147 g/mol. The average molecular weight is 147 g/mol. The van der Waals surface area contributed by atoms with Gasteiger partial charge in [-0.25, -0.2) is 0 Å². The van der Waals surface area contributed by atoms with E-state index in [1.807, 2.05) is 25.3 Å². The maximum absolute atomic E-state index is 3.75. The summed E-state index contributed by atoms with van der Waals surface area (Å²) in [5.41, 5.74) is 2.51. The van der Waals surface area contributed by atoms with Crippen LogP contribution in [0.2, 0.25) is 0 Å². The summed E-state index contributed by atoms with van der Waals surface area (Å²) in [4.78, 5) is 0. The Bertz CT molecular complexity index is 240. The van der Waals surface area contributed by atoms with Crippen LogP contribution in [0.1, 0.15) is 11.1 Å². The lowest BCUT2D eigenvalue weighted by Gasteiger charge is -2.03. The summed E-state index contributed by atoms with van der Waals surface area (Å²) in [5, 5.41) is 3.11. The van der Waals surface area contributed by atoms with Crippen molar-refractivity contribution < 1.29 is 0 Å². The molecule has 0 saturated carbocycles. The van der Waals surface area contributed by atoms with Crippen LogP contribution in [0.25, 0.3) is 6.08 Å². The van der Waals surface area contributed by atoms with Gasteiger partial charge >= 0.3 is 0 Å². The second-order valence-electron chi connectivity index (χ2n) is 2.43. The molecule has 0 bridgehead atoms. The predicted octanol–water partition coefficient (Wildman–Crippen LogP) is 2.05. The number of hydrogen-bond acceptors (Lipinski definition) is 1. The van der Waals surface area contributed by atoms with E-state index in [9.17, 15) is 0 Å². The quantitative estimate of drug-likeness (QED) is 0.690. The molecule has 0 fully saturated rings. The van der Waals surface area contributed by atoms with Crippen molar-refractivity contribution in [1.29, 1.82) is 0 Å². The lowest BCUT2D eigenvalue weighted by atomic mass is 10.1. The molecule has 11 heavy (non-hydrogen) atoms. The molecular formula is C10H13N. The molecule has 0 aliphatic rings. The van der Waals surface area contributed by atoms with Gasteiger partial charge in [0.15, 0.2) is 0 Å². The van der Waals surface area contributed by atoms with E-state index < -0.39 is 0 Å². The normalized spacial score (nSPS) is 9.55. The van der Waals surface area contributed by atoms with E-state index in [-0.39, 0.29) is 0 Å². The van der Waals surface area contributed by atoms with Gasteiger partial charge in [-0.2, -0.15) is 0 Å². The molecule has 1 N–H and O–H groups in total. The SMILES string of the molecule is C=Cc1ccccc1CNC. The van der Waals surface area contributed by atoms with Crippen LogP contribution in [0, 0.1) is 0 Å². The van der Waals surface area contributed by atoms with E-state index in [0.29, 0.717) is 0 Å². The molecule has 0 spiro atoms. The highest BCUT2D eigenvalue weighted by Crippen LogP contribution is 2.08. The van der Waals surface area contributed by atoms with E-state index in [1.54, 1.807) is 0 Å². The minimum absolute atomic E-state index is 0.905. The second kappa shape index (κ2) is 3.94. The van der Waals surface area contributed by atoms with Gasteiger partial charge in [0.05, 0.1) is 0 Å². The molecule has 0 atom stereocenters. The fourth-order valence-electron chi connectivity index (χ4n) is 1.08. The Balaban J connectivity index is 2.92. The molecule has 1 aromatic carbocycles. The molecule has 1 aromatic rings. The maximum atomic E-state index is 3.75. The zero-order valence-corrected chi connectivity index (χ0v) is 6.80. The van der Waals surface area contributed by atoms with Gasteiger partial charge in [-0.15, -0.1) is 0 Å². The smallest absolute Gasteiger partial charge is 0.0208 e. The van der Waals surface area contributed by atoms with Crippen molar-refractivity contribution >= 4 is 6.08 Å². The minimum atomic E-state index is 0.905. The molecule has 0 aliphatic heterocycles. The van der Waals surface area contributed by atoms with Crippen molar-refractivity contribution in [3.8, 4) is 0 Å². The molecule has 0 unspecified atom stereocenters. The fourth-order valence-corrected chi connectivity index (χ4v) is 1.08. The summed E-state index contributed by atoms with van der Waals surface area (Å²) in [7, 11) is 1.94. The van der Waals surface area contributed by atoms with Gasteiger partial charge in [0.1, 0.15) is 0 Å². The first kappa shape index (κ1) is 8.02. The maximum Gasteiger partial charge on any atom is 0.0208 e. The van der Waals surface area contributed by atoms with E-state index in [1.165, 1.54) is 11.1 Å². The van der Waals surface area contributed by atoms with E-state index in [0.717, 1.165) is 6.54 Å². The van der Waals surface area contributed by atoms with Crippen LogP contribution in [-0.2, 0) is 6.54 Å². The van der Waals surface area contributed by atoms with E-state index in [2.05, 4.69) is 24.0 Å². The van der Waals surface area contributed by atoms with Crippen molar-refractivity contribution in [2.24, 2.45) is 0 Å². The molecular weight excluding hydrogens is 134 g/mol. The Kier molecular flexibility index (Phi) is 2.87. The summed E-state index contributed by atoms with van der Waals surface area (Å²) in [6.07, 6.45) is 1.88. The van der Waals surface area contributed by atoms with Gasteiger partial charge < -0.3 is 5.32 Å². The van der Waals surface area contributed by atoms with Crippen LogP contribution in [0.15, 0.2) is 30.8 Å². The molecule has 0 amide bonds. The average Bonchev–Trinajstić information content (AvgIpc) is 2.06. The minimum Gasteiger partial charge on any atom is -0.316 e. The van der Waals surface area contributed by atoms with Gasteiger partial charge in [-0.3, -0.25) is 0 Å². The van der Waals surface area contributed by atoms with Crippen LogP contribution in [0.4, 0.5) is 0 Å².